The van der Waals surface area contributed by atoms with Crippen LogP contribution in [0.1, 0.15) is 38.2 Å². The first-order valence-electron chi connectivity index (χ1n) is 8.51. The second-order valence-electron chi connectivity index (χ2n) is 6.36. The molecule has 2 aliphatic rings. The zero-order chi connectivity index (χ0) is 14.5. The summed E-state index contributed by atoms with van der Waals surface area (Å²) in [6, 6.07) is 5.07. The van der Waals surface area contributed by atoms with Crippen LogP contribution in [0.25, 0.3) is 0 Å². The second kappa shape index (κ2) is 7.23. The Morgan fingerprint density at radius 2 is 2.19 bits per heavy atom. The first-order chi connectivity index (χ1) is 10.4. The summed E-state index contributed by atoms with van der Waals surface area (Å²) in [5.74, 6) is 1.08. The summed E-state index contributed by atoms with van der Waals surface area (Å²) in [4.78, 5) is 9.85. The third-order valence-electron chi connectivity index (χ3n) is 4.72. The maximum Gasteiger partial charge on any atom is 0.130 e. The van der Waals surface area contributed by atoms with Crippen molar-refractivity contribution in [2.75, 3.05) is 38.0 Å². The largest absolute Gasteiger partial charge is 0.370 e. The van der Waals surface area contributed by atoms with Gasteiger partial charge in [0.15, 0.2) is 0 Å². The molecule has 0 aromatic carbocycles. The van der Waals surface area contributed by atoms with E-state index in [1.165, 1.54) is 51.0 Å². The van der Waals surface area contributed by atoms with Gasteiger partial charge in [0.1, 0.15) is 5.82 Å². The molecule has 116 valence electrons. The van der Waals surface area contributed by atoms with Crippen molar-refractivity contribution in [1.82, 2.24) is 14.8 Å². The van der Waals surface area contributed by atoms with Crippen molar-refractivity contribution in [3.8, 4) is 0 Å². The van der Waals surface area contributed by atoms with Gasteiger partial charge in [-0.25, -0.2) is 4.98 Å². The standard InChI is InChI=1S/C17H28N4/c1-2-8-18-17-15(6-3-9-19-17)13-20-10-5-12-21-11-4-7-16(21)14-20/h3,6,9,16H,2,4-5,7-8,10-14H2,1H3,(H,18,19). The van der Waals surface area contributed by atoms with Crippen molar-refractivity contribution in [2.45, 2.75) is 45.2 Å². The predicted molar refractivity (Wildman–Crippen MR) is 87.5 cm³/mol. The van der Waals surface area contributed by atoms with Crippen LogP contribution in [0.3, 0.4) is 0 Å². The van der Waals surface area contributed by atoms with E-state index in [9.17, 15) is 0 Å². The highest BCUT2D eigenvalue weighted by atomic mass is 15.3. The van der Waals surface area contributed by atoms with Crippen LogP contribution in [-0.4, -0.2) is 53.5 Å². The van der Waals surface area contributed by atoms with Gasteiger partial charge in [0, 0.05) is 37.4 Å². The van der Waals surface area contributed by atoms with Gasteiger partial charge in [-0.15, -0.1) is 0 Å². The summed E-state index contributed by atoms with van der Waals surface area (Å²) in [5, 5.41) is 3.47. The van der Waals surface area contributed by atoms with Crippen LogP contribution in [-0.2, 0) is 6.54 Å². The van der Waals surface area contributed by atoms with Gasteiger partial charge in [0.25, 0.3) is 0 Å². The highest BCUT2D eigenvalue weighted by Crippen LogP contribution is 2.23. The first kappa shape index (κ1) is 14.8. The van der Waals surface area contributed by atoms with E-state index >= 15 is 0 Å². The first-order valence-corrected chi connectivity index (χ1v) is 8.51. The third-order valence-corrected chi connectivity index (χ3v) is 4.72. The molecule has 2 fully saturated rings. The molecule has 2 aliphatic heterocycles. The molecule has 2 saturated heterocycles. The van der Waals surface area contributed by atoms with Crippen LogP contribution in [0.5, 0.6) is 0 Å². The van der Waals surface area contributed by atoms with Crippen molar-refractivity contribution in [3.63, 3.8) is 0 Å². The Morgan fingerprint density at radius 3 is 3.10 bits per heavy atom. The van der Waals surface area contributed by atoms with Gasteiger partial charge < -0.3 is 5.32 Å². The third kappa shape index (κ3) is 3.74. The van der Waals surface area contributed by atoms with E-state index in [2.05, 4.69) is 39.2 Å². The van der Waals surface area contributed by atoms with Gasteiger partial charge in [0.05, 0.1) is 0 Å². The van der Waals surface area contributed by atoms with Crippen molar-refractivity contribution in [3.05, 3.63) is 23.9 Å². The van der Waals surface area contributed by atoms with Gasteiger partial charge in [-0.1, -0.05) is 13.0 Å². The lowest BCUT2D eigenvalue weighted by Crippen LogP contribution is -2.36. The van der Waals surface area contributed by atoms with Crippen molar-refractivity contribution < 1.29 is 0 Å². The van der Waals surface area contributed by atoms with Crippen molar-refractivity contribution in [1.29, 1.82) is 0 Å². The summed E-state index contributed by atoms with van der Waals surface area (Å²) >= 11 is 0. The molecule has 1 atom stereocenters. The molecule has 4 nitrogen and oxygen atoms in total. The topological polar surface area (TPSA) is 31.4 Å². The van der Waals surface area contributed by atoms with E-state index in [1.54, 1.807) is 0 Å². The average Bonchev–Trinajstić information content (AvgIpc) is 2.85. The zero-order valence-corrected chi connectivity index (χ0v) is 13.2. The number of pyridine rings is 1. The number of fused-ring (bicyclic) bond motifs is 1. The van der Waals surface area contributed by atoms with Crippen LogP contribution < -0.4 is 5.32 Å². The second-order valence-corrected chi connectivity index (χ2v) is 6.36. The minimum Gasteiger partial charge on any atom is -0.370 e. The van der Waals surface area contributed by atoms with Crippen LogP contribution in [0, 0.1) is 0 Å². The average molecular weight is 288 g/mol. The molecule has 0 saturated carbocycles. The number of anilines is 1. The fourth-order valence-corrected chi connectivity index (χ4v) is 3.64. The molecule has 1 aromatic rings. The van der Waals surface area contributed by atoms with Crippen LogP contribution in [0.2, 0.25) is 0 Å². The molecule has 1 aromatic heterocycles. The van der Waals surface area contributed by atoms with Crippen LogP contribution >= 0.6 is 0 Å². The number of rotatable bonds is 5. The zero-order valence-electron chi connectivity index (χ0n) is 13.2. The van der Waals surface area contributed by atoms with E-state index < -0.39 is 0 Å². The normalized spacial score (nSPS) is 23.8. The lowest BCUT2D eigenvalue weighted by Gasteiger charge is -2.26. The maximum absolute atomic E-state index is 4.52. The number of nitrogens with zero attached hydrogens (tertiary/aromatic N) is 3. The fourth-order valence-electron chi connectivity index (χ4n) is 3.64. The SMILES string of the molecule is CCCNc1ncccc1CN1CCCN2CCCC2C1. The van der Waals surface area contributed by atoms with Gasteiger partial charge in [0.2, 0.25) is 0 Å². The Hall–Kier alpha value is -1.13. The monoisotopic (exact) mass is 288 g/mol. The quantitative estimate of drug-likeness (QED) is 0.902. The van der Waals surface area contributed by atoms with E-state index in [1.807, 2.05) is 6.20 Å². The summed E-state index contributed by atoms with van der Waals surface area (Å²) in [7, 11) is 0. The molecule has 1 unspecified atom stereocenters. The maximum atomic E-state index is 4.52. The molecular formula is C17H28N4. The molecule has 1 N–H and O–H groups in total. The molecular weight excluding hydrogens is 260 g/mol. The Kier molecular flexibility index (Phi) is 5.09. The van der Waals surface area contributed by atoms with E-state index in [4.69, 9.17) is 0 Å². The number of nitrogens with one attached hydrogen (secondary N) is 1. The molecule has 0 radical (unpaired) electrons. The highest BCUT2D eigenvalue weighted by Gasteiger charge is 2.28. The summed E-state index contributed by atoms with van der Waals surface area (Å²) in [6.07, 6.45) is 7.09. The van der Waals surface area contributed by atoms with E-state index in [0.717, 1.165) is 31.4 Å². The fraction of sp³-hybridized carbons (Fsp3) is 0.706. The number of hydrogen-bond acceptors (Lipinski definition) is 4. The molecule has 4 heteroatoms. The Balaban J connectivity index is 1.65. The summed E-state index contributed by atoms with van der Waals surface area (Å²) in [5.41, 5.74) is 1.34. The van der Waals surface area contributed by atoms with Gasteiger partial charge >= 0.3 is 0 Å². The Morgan fingerprint density at radius 1 is 1.29 bits per heavy atom. The van der Waals surface area contributed by atoms with E-state index in [0.29, 0.717) is 0 Å². The van der Waals surface area contributed by atoms with Crippen molar-refractivity contribution >= 4 is 5.82 Å². The molecule has 0 amide bonds. The minimum absolute atomic E-state index is 0.788. The van der Waals surface area contributed by atoms with Crippen LogP contribution in [0.15, 0.2) is 18.3 Å². The molecule has 0 spiro atoms. The molecule has 0 bridgehead atoms. The van der Waals surface area contributed by atoms with Gasteiger partial charge in [-0.3, -0.25) is 9.80 Å². The lowest BCUT2D eigenvalue weighted by molar-refractivity contribution is 0.215. The van der Waals surface area contributed by atoms with Gasteiger partial charge in [-0.2, -0.15) is 0 Å². The molecule has 3 heterocycles. The summed E-state index contributed by atoms with van der Waals surface area (Å²) < 4.78 is 0. The number of hydrogen-bond donors (Lipinski definition) is 1. The van der Waals surface area contributed by atoms with Crippen molar-refractivity contribution in [2.24, 2.45) is 0 Å². The minimum atomic E-state index is 0.788. The van der Waals surface area contributed by atoms with Gasteiger partial charge in [-0.05, 0) is 51.4 Å². The predicted octanol–water partition coefficient (Wildman–Crippen LogP) is 2.57. The summed E-state index contributed by atoms with van der Waals surface area (Å²) in [6.45, 7) is 9.27. The molecule has 0 aliphatic carbocycles. The molecule has 21 heavy (non-hydrogen) atoms. The Bertz CT molecular complexity index is 448. The smallest absolute Gasteiger partial charge is 0.130 e. The lowest BCUT2D eigenvalue weighted by atomic mass is 10.2. The van der Waals surface area contributed by atoms with Crippen LogP contribution in [0.4, 0.5) is 5.82 Å². The van der Waals surface area contributed by atoms with E-state index in [-0.39, 0.29) is 0 Å². The Labute approximate surface area is 128 Å². The molecule has 3 rings (SSSR count). The highest BCUT2D eigenvalue weighted by molar-refractivity contribution is 5.43. The number of aromatic nitrogens is 1.